The van der Waals surface area contributed by atoms with E-state index in [0.29, 0.717) is 34.9 Å². The van der Waals surface area contributed by atoms with Crippen molar-refractivity contribution in [1.82, 2.24) is 16.0 Å². The summed E-state index contributed by atoms with van der Waals surface area (Å²) >= 11 is 2.06. The van der Waals surface area contributed by atoms with Crippen molar-refractivity contribution in [3.05, 3.63) is 40.8 Å². The second kappa shape index (κ2) is 13.3. The summed E-state index contributed by atoms with van der Waals surface area (Å²) in [7, 11) is 1.75. The van der Waals surface area contributed by atoms with Gasteiger partial charge >= 0.3 is 226 Å². The summed E-state index contributed by atoms with van der Waals surface area (Å²) in [6.07, 6.45) is 3.34. The number of hydrogen-bond donors (Lipinski definition) is 3. The van der Waals surface area contributed by atoms with E-state index in [0.717, 1.165) is 36.2 Å². The van der Waals surface area contributed by atoms with Gasteiger partial charge in [0.1, 0.15) is 0 Å². The second-order valence-corrected chi connectivity index (χ2v) is 15.8. The average Bonchev–Trinajstić information content (AvgIpc) is 3.42. The molecule has 2 fully saturated rings. The predicted octanol–water partition coefficient (Wildman–Crippen LogP) is 3.34. The summed E-state index contributed by atoms with van der Waals surface area (Å²) in [4.78, 5) is 47.8. The SMILES string of the molecule is CC(C)(C[Se]SCCNC(=O)CCCC[C@@H]1SC[C@@H]2NC(=O)N[C@@H]21)C(=O)Oc1ccc2ccc(=O)oc2c1. The number of carbonyl (C=O) groups is 3. The first-order valence-electron chi connectivity index (χ1n) is 12.7. The molecule has 2 aliphatic rings. The number of unbranched alkanes of at least 4 members (excludes halogenated alkanes) is 1. The van der Waals surface area contributed by atoms with Crippen LogP contribution in [-0.2, 0) is 9.59 Å². The van der Waals surface area contributed by atoms with Crippen LogP contribution in [0.1, 0.15) is 39.5 Å². The molecule has 1 aromatic heterocycles. The Morgan fingerprint density at radius 2 is 2.03 bits per heavy atom. The number of carbonyl (C=O) groups excluding carboxylic acids is 3. The second-order valence-electron chi connectivity index (χ2n) is 10.0. The van der Waals surface area contributed by atoms with E-state index in [-0.39, 0.29) is 43.8 Å². The molecule has 0 unspecified atom stereocenters. The van der Waals surface area contributed by atoms with Crippen LogP contribution in [0.25, 0.3) is 11.0 Å². The molecule has 4 rings (SSSR count). The Morgan fingerprint density at radius 1 is 1.21 bits per heavy atom. The van der Waals surface area contributed by atoms with Crippen LogP contribution in [0.5, 0.6) is 5.75 Å². The first-order chi connectivity index (χ1) is 18.2. The van der Waals surface area contributed by atoms with Gasteiger partial charge in [0.25, 0.3) is 0 Å². The Kier molecular flexibility index (Phi) is 10.1. The zero-order valence-corrected chi connectivity index (χ0v) is 24.8. The van der Waals surface area contributed by atoms with E-state index in [4.69, 9.17) is 9.15 Å². The Bertz CT molecular complexity index is 1220. The predicted molar refractivity (Wildman–Crippen MR) is 152 cm³/mol. The molecule has 0 aliphatic carbocycles. The van der Waals surface area contributed by atoms with E-state index in [9.17, 15) is 19.2 Å². The van der Waals surface area contributed by atoms with Crippen molar-refractivity contribution in [2.24, 2.45) is 5.41 Å². The number of ether oxygens (including phenoxy) is 1. The number of thioether (sulfide) groups is 1. The summed E-state index contributed by atoms with van der Waals surface area (Å²) < 4.78 is 10.7. The molecule has 3 amide bonds. The van der Waals surface area contributed by atoms with E-state index in [1.807, 2.05) is 25.6 Å². The average molecular weight is 627 g/mol. The normalized spacial score (nSPS) is 20.6. The molecule has 2 aliphatic heterocycles. The van der Waals surface area contributed by atoms with Crippen LogP contribution in [0.3, 0.4) is 0 Å². The van der Waals surface area contributed by atoms with Gasteiger partial charge in [-0.1, -0.05) is 0 Å². The zero-order valence-electron chi connectivity index (χ0n) is 21.4. The first kappa shape index (κ1) is 28.9. The number of hydrogen-bond acceptors (Lipinski definition) is 8. The summed E-state index contributed by atoms with van der Waals surface area (Å²) in [6, 6.07) is 8.41. The van der Waals surface area contributed by atoms with Crippen LogP contribution in [0.2, 0.25) is 5.32 Å². The van der Waals surface area contributed by atoms with E-state index >= 15 is 0 Å². The van der Waals surface area contributed by atoms with Gasteiger partial charge in [-0.05, 0) is 0 Å². The molecule has 0 bridgehead atoms. The number of amides is 3. The standard InChI is InChI=1S/C26H33N3O6S2Se/c1-26(2,24(32)34-17-9-7-16-8-10-22(31)35-19(16)13-17)15-38-37-12-11-27-21(30)6-4-3-5-20-23-18(14-36-20)28-25(33)29-23/h7-10,13,18,20,23H,3-6,11-12,14-15H2,1-2H3,(H,27,30)(H2,28,29,33)/t18-,20-,23-/m0/s1. The maximum absolute atomic E-state index is 12.7. The molecule has 2 aromatic rings. The van der Waals surface area contributed by atoms with Crippen molar-refractivity contribution in [2.45, 2.75) is 62.2 Å². The van der Waals surface area contributed by atoms with Crippen molar-refractivity contribution < 1.29 is 23.5 Å². The Hall–Kier alpha value is -2.14. The Morgan fingerprint density at radius 3 is 2.87 bits per heavy atom. The molecular formula is C26H33N3O6S2Se. The monoisotopic (exact) mass is 627 g/mol. The number of fused-ring (bicyclic) bond motifs is 2. The van der Waals surface area contributed by atoms with Crippen molar-refractivity contribution in [3.8, 4) is 5.75 Å². The van der Waals surface area contributed by atoms with E-state index in [1.54, 1.807) is 34.4 Å². The molecule has 3 N–H and O–H groups in total. The van der Waals surface area contributed by atoms with E-state index < -0.39 is 11.0 Å². The molecular weight excluding hydrogens is 593 g/mol. The fourth-order valence-corrected chi connectivity index (χ4v) is 10.4. The van der Waals surface area contributed by atoms with E-state index in [1.165, 1.54) is 6.07 Å². The minimum atomic E-state index is -0.655. The van der Waals surface area contributed by atoms with Gasteiger partial charge in [0.15, 0.2) is 0 Å². The van der Waals surface area contributed by atoms with Crippen LogP contribution in [-0.4, -0.2) is 67.1 Å². The van der Waals surface area contributed by atoms with Gasteiger partial charge in [-0.15, -0.1) is 0 Å². The summed E-state index contributed by atoms with van der Waals surface area (Å²) in [6.45, 7) is 4.34. The molecule has 38 heavy (non-hydrogen) atoms. The fourth-order valence-electron chi connectivity index (χ4n) is 4.25. The van der Waals surface area contributed by atoms with Crippen molar-refractivity contribution >= 4 is 64.7 Å². The molecule has 0 saturated carbocycles. The number of nitrogens with one attached hydrogen (secondary N) is 3. The van der Waals surface area contributed by atoms with Gasteiger partial charge in [-0.25, -0.2) is 4.79 Å². The van der Waals surface area contributed by atoms with Crippen LogP contribution < -0.4 is 26.3 Å². The van der Waals surface area contributed by atoms with Crippen LogP contribution >= 0.6 is 21.9 Å². The Balaban J connectivity index is 1.06. The zero-order chi connectivity index (χ0) is 27.1. The van der Waals surface area contributed by atoms with Gasteiger partial charge in [0.05, 0.1) is 0 Å². The van der Waals surface area contributed by atoms with Crippen LogP contribution in [0, 0.1) is 5.41 Å². The third kappa shape index (κ3) is 7.94. The van der Waals surface area contributed by atoms with Gasteiger partial charge in [-0.2, -0.15) is 0 Å². The third-order valence-corrected chi connectivity index (χ3v) is 13.0. The number of benzene rings is 1. The molecule has 3 atom stereocenters. The van der Waals surface area contributed by atoms with Gasteiger partial charge in [-0.3, -0.25) is 0 Å². The van der Waals surface area contributed by atoms with Gasteiger partial charge < -0.3 is 5.32 Å². The van der Waals surface area contributed by atoms with Crippen molar-refractivity contribution in [2.75, 3.05) is 18.1 Å². The molecule has 3 heterocycles. The minimum absolute atomic E-state index is 0.0641. The number of urea groups is 1. The summed E-state index contributed by atoms with van der Waals surface area (Å²) in [5.41, 5.74) is -0.726. The van der Waals surface area contributed by atoms with Crippen molar-refractivity contribution in [1.29, 1.82) is 0 Å². The maximum atomic E-state index is 12.7. The fraction of sp³-hybridized carbons (Fsp3) is 0.538. The first-order valence-corrected chi connectivity index (χ1v) is 17.9. The van der Waals surface area contributed by atoms with Gasteiger partial charge in [0.2, 0.25) is 0 Å². The number of esters is 1. The molecule has 1 aromatic carbocycles. The quantitative estimate of drug-likeness (QED) is 0.0772. The molecule has 0 spiro atoms. The van der Waals surface area contributed by atoms with E-state index in [2.05, 4.69) is 16.0 Å². The van der Waals surface area contributed by atoms with Gasteiger partial charge in [0, 0.05) is 0 Å². The number of rotatable bonds is 13. The Labute approximate surface area is 235 Å². The molecule has 2 saturated heterocycles. The molecule has 12 heteroatoms. The molecule has 206 valence electrons. The summed E-state index contributed by atoms with van der Waals surface area (Å²) in [5, 5.41) is 10.8. The third-order valence-electron chi connectivity index (χ3n) is 6.45. The molecule has 9 nitrogen and oxygen atoms in total. The van der Waals surface area contributed by atoms with Crippen LogP contribution in [0.15, 0.2) is 39.5 Å². The topological polar surface area (TPSA) is 127 Å². The van der Waals surface area contributed by atoms with Crippen molar-refractivity contribution in [3.63, 3.8) is 0 Å². The molecule has 0 radical (unpaired) electrons. The summed E-state index contributed by atoms with van der Waals surface area (Å²) in [5.74, 6) is 1.85. The van der Waals surface area contributed by atoms with Crippen LogP contribution in [0.4, 0.5) is 4.79 Å².